The fraction of sp³-hybridized carbons (Fsp3) is 0.500. The Morgan fingerprint density at radius 1 is 1.37 bits per heavy atom. The highest BCUT2D eigenvalue weighted by Gasteiger charge is 2.15. The number of fused-ring (bicyclic) bond motifs is 1. The third-order valence-electron chi connectivity index (χ3n) is 2.77. The van der Waals surface area contributed by atoms with Crippen LogP contribution in [-0.2, 0) is 9.53 Å². The lowest BCUT2D eigenvalue weighted by molar-refractivity contribution is -0.143. The number of esters is 1. The van der Waals surface area contributed by atoms with E-state index in [0.717, 1.165) is 17.9 Å². The first-order chi connectivity index (χ1) is 9.20. The van der Waals surface area contributed by atoms with Gasteiger partial charge >= 0.3 is 5.97 Å². The van der Waals surface area contributed by atoms with Crippen LogP contribution in [0.1, 0.15) is 20.3 Å². The van der Waals surface area contributed by atoms with E-state index in [9.17, 15) is 4.79 Å². The summed E-state index contributed by atoms with van der Waals surface area (Å²) in [5.41, 5.74) is 0.810. The molecule has 1 heterocycles. The molecule has 0 fully saturated rings. The Labute approximate surface area is 112 Å². The molecule has 104 valence electrons. The smallest absolute Gasteiger partial charge is 0.328 e. The van der Waals surface area contributed by atoms with Crippen molar-refractivity contribution >= 4 is 11.7 Å². The van der Waals surface area contributed by atoms with Gasteiger partial charge in [0, 0.05) is 18.2 Å². The minimum atomic E-state index is -0.398. The number of carbonyl (C=O) groups excluding carboxylic acids is 1. The zero-order valence-electron chi connectivity index (χ0n) is 11.3. The molecule has 0 aromatic heterocycles. The van der Waals surface area contributed by atoms with E-state index in [0.29, 0.717) is 25.6 Å². The van der Waals surface area contributed by atoms with Crippen LogP contribution in [-0.4, -0.2) is 31.8 Å². The zero-order valence-corrected chi connectivity index (χ0v) is 11.3. The maximum absolute atomic E-state index is 11.6. The van der Waals surface area contributed by atoms with E-state index in [4.69, 9.17) is 14.2 Å². The van der Waals surface area contributed by atoms with E-state index in [2.05, 4.69) is 5.32 Å². The van der Waals surface area contributed by atoms with Crippen LogP contribution in [0.15, 0.2) is 18.2 Å². The fourth-order valence-electron chi connectivity index (χ4n) is 1.83. The minimum Gasteiger partial charge on any atom is -0.490 e. The van der Waals surface area contributed by atoms with Crippen LogP contribution in [0.5, 0.6) is 11.5 Å². The highest BCUT2D eigenvalue weighted by molar-refractivity contribution is 5.79. The number of carbonyl (C=O) groups is 1. The van der Waals surface area contributed by atoms with Gasteiger partial charge in [-0.15, -0.1) is 0 Å². The van der Waals surface area contributed by atoms with E-state index in [1.54, 1.807) is 13.8 Å². The van der Waals surface area contributed by atoms with Gasteiger partial charge in [-0.05, 0) is 26.0 Å². The maximum atomic E-state index is 11.6. The van der Waals surface area contributed by atoms with Gasteiger partial charge in [-0.2, -0.15) is 0 Å². The largest absolute Gasteiger partial charge is 0.490 e. The molecule has 1 atom stereocenters. The van der Waals surface area contributed by atoms with Crippen LogP contribution < -0.4 is 14.8 Å². The van der Waals surface area contributed by atoms with Crippen LogP contribution in [0, 0.1) is 0 Å². The summed E-state index contributed by atoms with van der Waals surface area (Å²) in [5, 5.41) is 3.09. The lowest BCUT2D eigenvalue weighted by atomic mass is 10.2. The summed E-state index contributed by atoms with van der Waals surface area (Å²) in [6.07, 6.45) is 0.872. The molecular weight excluding hydrogens is 246 g/mol. The molecule has 19 heavy (non-hydrogen) atoms. The molecular formula is C14H19NO4. The van der Waals surface area contributed by atoms with Crippen LogP contribution in [0.2, 0.25) is 0 Å². The average Bonchev–Trinajstić information content (AvgIpc) is 2.63. The molecule has 1 aromatic carbocycles. The predicted octanol–water partition coefficient (Wildman–Crippen LogP) is 2.21. The lowest BCUT2D eigenvalue weighted by Gasteiger charge is -2.15. The van der Waals surface area contributed by atoms with E-state index in [1.165, 1.54) is 0 Å². The molecule has 0 saturated heterocycles. The molecule has 0 spiro atoms. The first-order valence-corrected chi connectivity index (χ1v) is 6.53. The van der Waals surface area contributed by atoms with Gasteiger partial charge in [0.05, 0.1) is 19.8 Å². The number of ether oxygens (including phenoxy) is 3. The van der Waals surface area contributed by atoms with Crippen molar-refractivity contribution in [1.29, 1.82) is 0 Å². The molecule has 0 amide bonds. The van der Waals surface area contributed by atoms with E-state index >= 15 is 0 Å². The molecule has 0 bridgehead atoms. The van der Waals surface area contributed by atoms with Gasteiger partial charge in [0.25, 0.3) is 0 Å². The highest BCUT2D eigenvalue weighted by Crippen LogP contribution is 2.32. The molecule has 0 radical (unpaired) electrons. The van der Waals surface area contributed by atoms with E-state index in [-0.39, 0.29) is 5.97 Å². The van der Waals surface area contributed by atoms with Crippen molar-refractivity contribution in [3.05, 3.63) is 18.2 Å². The van der Waals surface area contributed by atoms with Crippen LogP contribution >= 0.6 is 0 Å². The fourth-order valence-corrected chi connectivity index (χ4v) is 1.83. The van der Waals surface area contributed by atoms with Crippen molar-refractivity contribution in [2.75, 3.05) is 25.1 Å². The van der Waals surface area contributed by atoms with Gasteiger partial charge in [-0.25, -0.2) is 4.79 Å². The third kappa shape index (κ3) is 3.53. The summed E-state index contributed by atoms with van der Waals surface area (Å²) in [6, 6.07) is 5.16. The van der Waals surface area contributed by atoms with Gasteiger partial charge in [0.15, 0.2) is 11.5 Å². The van der Waals surface area contributed by atoms with Crippen molar-refractivity contribution in [1.82, 2.24) is 0 Å². The monoisotopic (exact) mass is 265 g/mol. The highest BCUT2D eigenvalue weighted by atomic mass is 16.5. The standard InChI is InChI=1S/C14H19NO4/c1-3-17-14(16)10(2)15-11-5-6-12-13(9-11)19-8-4-7-18-12/h5-6,9-10,15H,3-4,7-8H2,1-2H3/t10-/m0/s1. The van der Waals surface area contributed by atoms with E-state index < -0.39 is 6.04 Å². The topological polar surface area (TPSA) is 56.8 Å². The first kappa shape index (κ1) is 13.5. The summed E-state index contributed by atoms with van der Waals surface area (Å²) < 4.78 is 16.1. The van der Waals surface area contributed by atoms with Crippen LogP contribution in [0.25, 0.3) is 0 Å². The first-order valence-electron chi connectivity index (χ1n) is 6.53. The number of benzene rings is 1. The minimum absolute atomic E-state index is 0.269. The second-order valence-corrected chi connectivity index (χ2v) is 4.33. The van der Waals surface area contributed by atoms with Crippen molar-refractivity contribution in [3.63, 3.8) is 0 Å². The molecule has 1 aliphatic rings. The molecule has 0 saturated carbocycles. The van der Waals surface area contributed by atoms with Crippen LogP contribution in [0.3, 0.4) is 0 Å². The quantitative estimate of drug-likeness (QED) is 0.846. The number of anilines is 1. The Morgan fingerprint density at radius 3 is 2.84 bits per heavy atom. The lowest BCUT2D eigenvalue weighted by Crippen LogP contribution is -2.28. The summed E-state index contributed by atoms with van der Waals surface area (Å²) in [6.45, 7) is 5.24. The molecule has 1 N–H and O–H groups in total. The molecule has 1 aliphatic heterocycles. The number of rotatable bonds is 4. The molecule has 0 aliphatic carbocycles. The average molecular weight is 265 g/mol. The van der Waals surface area contributed by atoms with Gasteiger partial charge in [0.2, 0.25) is 0 Å². The number of hydrogen-bond donors (Lipinski definition) is 1. The van der Waals surface area contributed by atoms with Gasteiger partial charge in [-0.3, -0.25) is 0 Å². The SMILES string of the molecule is CCOC(=O)[C@H](C)Nc1ccc2c(c1)OCCCO2. The normalized spacial score (nSPS) is 15.3. The van der Waals surface area contributed by atoms with Crippen molar-refractivity contribution in [2.24, 2.45) is 0 Å². The van der Waals surface area contributed by atoms with Gasteiger partial charge in [-0.1, -0.05) is 0 Å². The third-order valence-corrected chi connectivity index (χ3v) is 2.77. The zero-order chi connectivity index (χ0) is 13.7. The maximum Gasteiger partial charge on any atom is 0.328 e. The van der Waals surface area contributed by atoms with Crippen molar-refractivity contribution in [3.8, 4) is 11.5 Å². The molecule has 2 rings (SSSR count). The Kier molecular flexibility index (Phi) is 4.49. The summed E-state index contributed by atoms with van der Waals surface area (Å²) in [7, 11) is 0. The molecule has 5 nitrogen and oxygen atoms in total. The van der Waals surface area contributed by atoms with E-state index in [1.807, 2.05) is 18.2 Å². The van der Waals surface area contributed by atoms with Crippen LogP contribution in [0.4, 0.5) is 5.69 Å². The predicted molar refractivity (Wildman–Crippen MR) is 71.8 cm³/mol. The second-order valence-electron chi connectivity index (χ2n) is 4.33. The van der Waals surface area contributed by atoms with Gasteiger partial charge < -0.3 is 19.5 Å². The van der Waals surface area contributed by atoms with Crippen molar-refractivity contribution < 1.29 is 19.0 Å². The summed E-state index contributed by atoms with van der Waals surface area (Å²) in [5.74, 6) is 1.18. The molecule has 5 heteroatoms. The van der Waals surface area contributed by atoms with Crippen molar-refractivity contribution in [2.45, 2.75) is 26.3 Å². The summed E-state index contributed by atoms with van der Waals surface area (Å²) in [4.78, 5) is 11.6. The molecule has 0 unspecified atom stereocenters. The Balaban J connectivity index is 2.05. The second kappa shape index (κ2) is 6.31. The summed E-state index contributed by atoms with van der Waals surface area (Å²) >= 11 is 0. The Bertz CT molecular complexity index is 447. The molecule has 1 aromatic rings. The Morgan fingerprint density at radius 2 is 2.11 bits per heavy atom. The van der Waals surface area contributed by atoms with Gasteiger partial charge in [0.1, 0.15) is 6.04 Å². The number of hydrogen-bond acceptors (Lipinski definition) is 5. The Hall–Kier alpha value is -1.91. The number of nitrogens with one attached hydrogen (secondary N) is 1.